The van der Waals surface area contributed by atoms with E-state index in [1.54, 1.807) is 6.07 Å². The molecule has 2 heterocycles. The lowest BCUT2D eigenvalue weighted by Crippen LogP contribution is -2.33. The lowest BCUT2D eigenvalue weighted by molar-refractivity contribution is -0.119. The molecule has 128 valence electrons. The van der Waals surface area contributed by atoms with Gasteiger partial charge in [-0.1, -0.05) is 0 Å². The number of nitrogens with one attached hydrogen (secondary N) is 1. The van der Waals surface area contributed by atoms with Gasteiger partial charge in [0.1, 0.15) is 18.0 Å². The molecule has 1 saturated heterocycles. The van der Waals surface area contributed by atoms with Crippen LogP contribution in [-0.4, -0.2) is 40.6 Å². The van der Waals surface area contributed by atoms with Crippen LogP contribution in [0.3, 0.4) is 0 Å². The minimum atomic E-state index is -0.613. The topological polar surface area (TPSA) is 108 Å². The number of rotatable bonds is 4. The van der Waals surface area contributed by atoms with Crippen molar-refractivity contribution in [2.75, 3.05) is 18.0 Å². The highest BCUT2D eigenvalue weighted by Crippen LogP contribution is 2.28. The zero-order valence-electron chi connectivity index (χ0n) is 13.0. The number of benzene rings is 1. The second-order valence-electron chi connectivity index (χ2n) is 5.25. The van der Waals surface area contributed by atoms with E-state index in [9.17, 15) is 14.0 Å². The van der Waals surface area contributed by atoms with Gasteiger partial charge < -0.3 is 10.1 Å². The summed E-state index contributed by atoms with van der Waals surface area (Å²) in [5.74, 6) is -0.714. The van der Waals surface area contributed by atoms with Crippen molar-refractivity contribution in [2.45, 2.75) is 13.0 Å². The van der Waals surface area contributed by atoms with Gasteiger partial charge in [-0.2, -0.15) is 9.64 Å². The first-order chi connectivity index (χ1) is 12.0. The number of carbonyl (C=O) groups excluding carboxylic acids is 2. The van der Waals surface area contributed by atoms with Crippen LogP contribution in [0.2, 0.25) is 0 Å². The number of nitrogens with zero attached hydrogens (tertiary/aromatic N) is 4. The normalized spacial score (nSPS) is 16.4. The van der Waals surface area contributed by atoms with Crippen LogP contribution in [0.1, 0.15) is 11.9 Å². The first kappa shape index (κ1) is 16.8. The number of hydrogen-bond donors (Lipinski definition) is 1. The monoisotopic (exact) mass is 361 g/mol. The van der Waals surface area contributed by atoms with Gasteiger partial charge in [0.2, 0.25) is 10.9 Å². The van der Waals surface area contributed by atoms with Crippen molar-refractivity contribution < 1.29 is 18.7 Å². The van der Waals surface area contributed by atoms with E-state index in [1.807, 2.05) is 6.07 Å². The molecule has 0 spiro atoms. The minimum absolute atomic E-state index is 0.123. The third-order valence-corrected chi connectivity index (χ3v) is 4.10. The van der Waals surface area contributed by atoms with Crippen molar-refractivity contribution >= 4 is 29.2 Å². The molecule has 1 fully saturated rings. The summed E-state index contributed by atoms with van der Waals surface area (Å²) in [5.41, 5.74) is 0.469. The molecule has 0 saturated carbocycles. The van der Waals surface area contributed by atoms with E-state index >= 15 is 0 Å². The molecule has 1 N–H and O–H groups in total. The molecule has 8 nitrogen and oxygen atoms in total. The predicted octanol–water partition coefficient (Wildman–Crippen LogP) is 1.68. The van der Waals surface area contributed by atoms with E-state index in [4.69, 9.17) is 10.00 Å². The molecule has 10 heteroatoms. The number of halogens is 1. The summed E-state index contributed by atoms with van der Waals surface area (Å²) in [6.07, 6.45) is -1.11. The lowest BCUT2D eigenvalue weighted by atomic mass is 10.1. The molecule has 1 aromatic carbocycles. The molecule has 3 rings (SSSR count). The van der Waals surface area contributed by atoms with E-state index in [0.717, 1.165) is 11.5 Å². The van der Waals surface area contributed by atoms with Gasteiger partial charge >= 0.3 is 6.09 Å². The Labute approximate surface area is 146 Å². The fourth-order valence-electron chi connectivity index (χ4n) is 2.33. The molecule has 2 amide bonds. The molecule has 1 aliphatic rings. The molecule has 0 aliphatic carbocycles. The van der Waals surface area contributed by atoms with Crippen molar-refractivity contribution in [3.8, 4) is 17.5 Å². The third kappa shape index (κ3) is 3.56. The Balaban J connectivity index is 1.77. The maximum atomic E-state index is 14.4. The number of cyclic esters (lactones) is 1. The highest BCUT2D eigenvalue weighted by molar-refractivity contribution is 7.06. The van der Waals surface area contributed by atoms with E-state index in [2.05, 4.69) is 14.7 Å². The maximum absolute atomic E-state index is 14.4. The van der Waals surface area contributed by atoms with Crippen LogP contribution >= 0.6 is 11.5 Å². The molecule has 1 aromatic heterocycles. The second kappa shape index (κ2) is 6.82. The van der Waals surface area contributed by atoms with Gasteiger partial charge in [0.05, 0.1) is 24.3 Å². The van der Waals surface area contributed by atoms with Crippen molar-refractivity contribution in [1.29, 1.82) is 5.26 Å². The van der Waals surface area contributed by atoms with Gasteiger partial charge in [0, 0.05) is 6.92 Å². The summed E-state index contributed by atoms with van der Waals surface area (Å²) in [4.78, 5) is 28.1. The predicted molar refractivity (Wildman–Crippen MR) is 86.3 cm³/mol. The van der Waals surface area contributed by atoms with Crippen LogP contribution in [0.5, 0.6) is 0 Å². The minimum Gasteiger partial charge on any atom is -0.442 e. The van der Waals surface area contributed by atoms with Gasteiger partial charge in [-0.25, -0.2) is 14.2 Å². The van der Waals surface area contributed by atoms with E-state index < -0.39 is 18.0 Å². The molecule has 2 aromatic rings. The van der Waals surface area contributed by atoms with Gasteiger partial charge in [0.15, 0.2) is 5.82 Å². The maximum Gasteiger partial charge on any atom is 0.414 e. The van der Waals surface area contributed by atoms with Crippen LogP contribution in [0.25, 0.3) is 11.4 Å². The average Bonchev–Trinajstić information content (AvgIpc) is 3.19. The molecule has 0 radical (unpaired) electrons. The SMILES string of the molecule is CC(=O)NC[C@H]1CN(c2ccc(-c3nsc(C#N)n3)c(F)c2)C(=O)O1. The molecule has 1 atom stereocenters. The van der Waals surface area contributed by atoms with Crippen LogP contribution < -0.4 is 10.2 Å². The van der Waals surface area contributed by atoms with Crippen LogP contribution in [0, 0.1) is 17.1 Å². The Kier molecular flexibility index (Phi) is 4.58. The summed E-state index contributed by atoms with van der Waals surface area (Å²) >= 11 is 0.883. The van der Waals surface area contributed by atoms with Crippen molar-refractivity contribution in [2.24, 2.45) is 0 Å². The molecule has 1 aliphatic heterocycles. The first-order valence-electron chi connectivity index (χ1n) is 7.24. The Bertz CT molecular complexity index is 878. The largest absolute Gasteiger partial charge is 0.442 e. The summed E-state index contributed by atoms with van der Waals surface area (Å²) < 4.78 is 23.5. The standard InChI is InChI=1S/C15H12FN5O3S/c1-8(22)18-6-10-7-21(15(23)24-10)9-2-3-11(12(16)4-9)14-19-13(5-17)25-20-14/h2-4,10H,6-7H2,1H3,(H,18,22)/t10-/m0/s1. The van der Waals surface area contributed by atoms with E-state index in [0.29, 0.717) is 5.69 Å². The number of hydrogen-bond acceptors (Lipinski definition) is 7. The fraction of sp³-hybridized carbons (Fsp3) is 0.267. The Hall–Kier alpha value is -3.06. The van der Waals surface area contributed by atoms with Crippen molar-refractivity contribution in [1.82, 2.24) is 14.7 Å². The van der Waals surface area contributed by atoms with Crippen LogP contribution in [0.15, 0.2) is 18.2 Å². The zero-order valence-corrected chi connectivity index (χ0v) is 13.8. The highest BCUT2D eigenvalue weighted by Gasteiger charge is 2.32. The molecular formula is C15H12FN5O3S. The van der Waals surface area contributed by atoms with E-state index in [1.165, 1.54) is 24.0 Å². The number of nitriles is 1. The van der Waals surface area contributed by atoms with Crippen LogP contribution in [-0.2, 0) is 9.53 Å². The third-order valence-electron chi connectivity index (χ3n) is 3.48. The van der Waals surface area contributed by atoms with Gasteiger partial charge in [-0.05, 0) is 29.7 Å². The second-order valence-corrected chi connectivity index (χ2v) is 6.00. The molecular weight excluding hydrogens is 349 g/mol. The summed E-state index contributed by atoms with van der Waals surface area (Å²) in [7, 11) is 0. The summed E-state index contributed by atoms with van der Waals surface area (Å²) in [6, 6.07) is 6.03. The fourth-order valence-corrected chi connectivity index (χ4v) is 2.81. The summed E-state index contributed by atoms with van der Waals surface area (Å²) in [5, 5.41) is 11.5. The van der Waals surface area contributed by atoms with Crippen LogP contribution in [0.4, 0.5) is 14.9 Å². The van der Waals surface area contributed by atoms with Crippen molar-refractivity contribution in [3.63, 3.8) is 0 Å². The first-order valence-corrected chi connectivity index (χ1v) is 8.01. The smallest absolute Gasteiger partial charge is 0.414 e. The van der Waals surface area contributed by atoms with E-state index in [-0.39, 0.29) is 35.4 Å². The quantitative estimate of drug-likeness (QED) is 0.887. The van der Waals surface area contributed by atoms with Gasteiger partial charge in [-0.15, -0.1) is 0 Å². The summed E-state index contributed by atoms with van der Waals surface area (Å²) in [6.45, 7) is 1.76. The number of aromatic nitrogens is 2. The number of amides is 2. The Morgan fingerprint density at radius 3 is 3.04 bits per heavy atom. The lowest BCUT2D eigenvalue weighted by Gasteiger charge is -2.13. The number of ether oxygens (including phenoxy) is 1. The highest BCUT2D eigenvalue weighted by atomic mass is 32.1. The zero-order chi connectivity index (χ0) is 18.0. The molecule has 25 heavy (non-hydrogen) atoms. The average molecular weight is 361 g/mol. The molecule has 0 bridgehead atoms. The molecule has 0 unspecified atom stereocenters. The Morgan fingerprint density at radius 1 is 1.60 bits per heavy atom. The van der Waals surface area contributed by atoms with Gasteiger partial charge in [-0.3, -0.25) is 9.69 Å². The number of carbonyl (C=O) groups is 2. The Morgan fingerprint density at radius 2 is 2.40 bits per heavy atom. The van der Waals surface area contributed by atoms with Crippen molar-refractivity contribution in [3.05, 3.63) is 29.0 Å². The van der Waals surface area contributed by atoms with Gasteiger partial charge in [0.25, 0.3) is 0 Å². The number of anilines is 1.